The van der Waals surface area contributed by atoms with Crippen LogP contribution in [0.3, 0.4) is 0 Å². The van der Waals surface area contributed by atoms with Gasteiger partial charge in [-0.1, -0.05) is 0 Å². The largest absolute Gasteiger partial charge is 0.498 e. The maximum Gasteiger partial charge on any atom is 0.498 e. The molecule has 0 aliphatic carbocycles. The molecule has 1 aliphatic heterocycles. The molecule has 1 saturated heterocycles. The van der Waals surface area contributed by atoms with Gasteiger partial charge in [0, 0.05) is 23.9 Å². The lowest BCUT2D eigenvalue weighted by Crippen LogP contribution is -2.41. The first-order valence-electron chi connectivity index (χ1n) is 6.15. The average Bonchev–Trinajstić information content (AvgIpc) is 2.74. The topological polar surface area (TPSA) is 48.7 Å². The maximum absolute atomic E-state index is 13.0. The Morgan fingerprint density at radius 2 is 1.84 bits per heavy atom. The molecule has 2 aromatic heterocycles. The minimum absolute atomic E-state index is 0.415. The number of aromatic nitrogens is 3. The number of rotatable bonds is 1. The van der Waals surface area contributed by atoms with Gasteiger partial charge >= 0.3 is 7.12 Å². The lowest BCUT2D eigenvalue weighted by atomic mass is 9.81. The predicted octanol–water partition coefficient (Wildman–Crippen LogP) is 1.17. The Bertz CT molecular complexity index is 625. The van der Waals surface area contributed by atoms with Gasteiger partial charge in [0.25, 0.3) is 0 Å². The lowest BCUT2D eigenvalue weighted by molar-refractivity contribution is 0.00578. The number of hydrogen-bond donors (Lipinski definition) is 0. The van der Waals surface area contributed by atoms with Crippen LogP contribution in [-0.2, 0) is 9.31 Å². The van der Waals surface area contributed by atoms with Gasteiger partial charge in [-0.25, -0.2) is 9.50 Å². The molecule has 3 rings (SSSR count). The lowest BCUT2D eigenvalue weighted by Gasteiger charge is -2.32. The summed E-state index contributed by atoms with van der Waals surface area (Å²) in [6.07, 6.45) is 3.30. The van der Waals surface area contributed by atoms with Crippen molar-refractivity contribution < 1.29 is 13.7 Å². The summed E-state index contributed by atoms with van der Waals surface area (Å²) in [5.74, 6) is -0.557. The van der Waals surface area contributed by atoms with E-state index in [-0.39, 0.29) is 0 Å². The van der Waals surface area contributed by atoms with Crippen LogP contribution in [0.25, 0.3) is 5.65 Å². The molecule has 0 spiro atoms. The highest BCUT2D eigenvalue weighted by molar-refractivity contribution is 6.61. The Labute approximate surface area is 110 Å². The summed E-state index contributed by atoms with van der Waals surface area (Å²) in [5.41, 5.74) is 0.344. The van der Waals surface area contributed by atoms with E-state index in [1.165, 1.54) is 10.6 Å². The van der Waals surface area contributed by atoms with Crippen LogP contribution in [0, 0.1) is 5.95 Å². The zero-order chi connectivity index (χ0) is 13.8. The fourth-order valence-corrected chi connectivity index (χ4v) is 1.96. The Balaban J connectivity index is 1.97. The Kier molecular flexibility index (Phi) is 2.49. The molecule has 100 valence electrons. The molecule has 0 amide bonds. The minimum atomic E-state index is -0.557. The molecule has 0 saturated carbocycles. The van der Waals surface area contributed by atoms with Gasteiger partial charge in [0.1, 0.15) is 0 Å². The summed E-state index contributed by atoms with van der Waals surface area (Å²) in [6.45, 7) is 7.91. The van der Waals surface area contributed by atoms with Crippen LogP contribution in [0.2, 0.25) is 0 Å². The maximum atomic E-state index is 13.0. The Morgan fingerprint density at radius 1 is 1.21 bits per heavy atom. The Hall–Kier alpha value is -1.47. The number of fused-ring (bicyclic) bond motifs is 1. The van der Waals surface area contributed by atoms with Gasteiger partial charge in [-0.2, -0.15) is 4.39 Å². The summed E-state index contributed by atoms with van der Waals surface area (Å²) in [7, 11) is -0.519. The summed E-state index contributed by atoms with van der Waals surface area (Å²) in [4.78, 5) is 4.14. The van der Waals surface area contributed by atoms with E-state index in [1.807, 2.05) is 27.7 Å². The summed E-state index contributed by atoms with van der Waals surface area (Å²) >= 11 is 0. The highest BCUT2D eigenvalue weighted by Crippen LogP contribution is 2.36. The molecule has 0 bridgehead atoms. The van der Waals surface area contributed by atoms with Crippen LogP contribution in [0.5, 0.6) is 0 Å². The number of halogens is 1. The average molecular weight is 263 g/mol. The monoisotopic (exact) mass is 263 g/mol. The van der Waals surface area contributed by atoms with E-state index in [9.17, 15) is 4.39 Å². The molecule has 0 aromatic carbocycles. The third kappa shape index (κ3) is 1.93. The highest BCUT2D eigenvalue weighted by Gasteiger charge is 2.51. The van der Waals surface area contributed by atoms with Crippen LogP contribution >= 0.6 is 0 Å². The van der Waals surface area contributed by atoms with Gasteiger partial charge in [-0.05, 0) is 27.7 Å². The van der Waals surface area contributed by atoms with E-state index in [0.29, 0.717) is 11.1 Å². The van der Waals surface area contributed by atoms with Gasteiger partial charge in [0.05, 0.1) is 11.2 Å². The van der Waals surface area contributed by atoms with Gasteiger partial charge < -0.3 is 9.31 Å². The van der Waals surface area contributed by atoms with Crippen LogP contribution in [0.15, 0.2) is 18.5 Å². The second-order valence-corrected chi connectivity index (χ2v) is 5.75. The standard InChI is InChI=1S/C12H15BFN3O2/c1-11(2)12(3,4)19-13(18-11)8-6-15-10-5-9(14)16-17(10)7-8/h5-7H,1-4H3. The van der Waals surface area contributed by atoms with E-state index in [0.717, 1.165) is 0 Å². The molecule has 0 unspecified atom stereocenters. The fourth-order valence-electron chi connectivity index (χ4n) is 1.96. The first kappa shape index (κ1) is 12.6. The van der Waals surface area contributed by atoms with Gasteiger partial charge in [-0.15, -0.1) is 5.10 Å². The van der Waals surface area contributed by atoms with Crippen molar-refractivity contribution in [2.45, 2.75) is 38.9 Å². The van der Waals surface area contributed by atoms with Crippen molar-refractivity contribution in [1.82, 2.24) is 14.6 Å². The van der Waals surface area contributed by atoms with E-state index < -0.39 is 24.3 Å². The van der Waals surface area contributed by atoms with Gasteiger partial charge in [0.2, 0.25) is 5.95 Å². The summed E-state index contributed by atoms with van der Waals surface area (Å²) in [5, 5.41) is 3.69. The number of nitrogens with zero attached hydrogens (tertiary/aromatic N) is 3. The molecular formula is C12H15BFN3O2. The highest BCUT2D eigenvalue weighted by atomic mass is 19.1. The third-order valence-electron chi connectivity index (χ3n) is 3.83. The first-order valence-corrected chi connectivity index (χ1v) is 6.15. The summed E-state index contributed by atoms with van der Waals surface area (Å²) < 4.78 is 26.2. The molecule has 2 aromatic rings. The minimum Gasteiger partial charge on any atom is -0.399 e. The van der Waals surface area contributed by atoms with E-state index >= 15 is 0 Å². The molecule has 1 fully saturated rings. The zero-order valence-corrected chi connectivity index (χ0v) is 11.3. The zero-order valence-electron chi connectivity index (χ0n) is 11.3. The van der Waals surface area contributed by atoms with Crippen molar-refractivity contribution in [2.75, 3.05) is 0 Å². The van der Waals surface area contributed by atoms with Gasteiger partial charge in [-0.3, -0.25) is 0 Å². The van der Waals surface area contributed by atoms with Crippen LogP contribution in [0.4, 0.5) is 4.39 Å². The van der Waals surface area contributed by atoms with Crippen molar-refractivity contribution in [1.29, 1.82) is 0 Å². The first-order chi connectivity index (χ1) is 8.78. The van der Waals surface area contributed by atoms with E-state index in [1.54, 1.807) is 12.4 Å². The second-order valence-electron chi connectivity index (χ2n) is 5.75. The van der Waals surface area contributed by atoms with Crippen LogP contribution in [0.1, 0.15) is 27.7 Å². The third-order valence-corrected chi connectivity index (χ3v) is 3.83. The van der Waals surface area contributed by atoms with Crippen LogP contribution < -0.4 is 5.46 Å². The molecule has 19 heavy (non-hydrogen) atoms. The number of hydrogen-bond acceptors (Lipinski definition) is 4. The normalized spacial score (nSPS) is 21.2. The Morgan fingerprint density at radius 3 is 2.47 bits per heavy atom. The molecule has 1 aliphatic rings. The van der Waals surface area contributed by atoms with E-state index in [4.69, 9.17) is 9.31 Å². The molecule has 3 heterocycles. The smallest absolute Gasteiger partial charge is 0.399 e. The van der Waals surface area contributed by atoms with Crippen molar-refractivity contribution in [3.63, 3.8) is 0 Å². The molecule has 0 radical (unpaired) electrons. The quantitative estimate of drug-likeness (QED) is 0.724. The van der Waals surface area contributed by atoms with Crippen molar-refractivity contribution in [2.24, 2.45) is 0 Å². The molecule has 7 heteroatoms. The summed E-state index contributed by atoms with van der Waals surface area (Å²) in [6, 6.07) is 1.27. The van der Waals surface area contributed by atoms with Crippen LogP contribution in [-0.4, -0.2) is 32.9 Å². The second kappa shape index (κ2) is 3.77. The molecule has 5 nitrogen and oxygen atoms in total. The van der Waals surface area contributed by atoms with Gasteiger partial charge in [0.15, 0.2) is 5.65 Å². The molecular weight excluding hydrogens is 248 g/mol. The van der Waals surface area contributed by atoms with Crippen molar-refractivity contribution >= 4 is 18.2 Å². The van der Waals surface area contributed by atoms with Crippen molar-refractivity contribution in [3.05, 3.63) is 24.4 Å². The van der Waals surface area contributed by atoms with Crippen molar-refractivity contribution in [3.8, 4) is 0 Å². The molecule has 0 N–H and O–H groups in total. The fraction of sp³-hybridized carbons (Fsp3) is 0.500. The predicted molar refractivity (Wildman–Crippen MR) is 68.7 cm³/mol. The SMILES string of the molecule is CC1(C)OB(c2cnc3cc(F)nn3c2)OC1(C)C. The van der Waals surface area contributed by atoms with E-state index in [2.05, 4.69) is 10.1 Å². The molecule has 0 atom stereocenters.